The zero-order chi connectivity index (χ0) is 40.2. The highest BCUT2D eigenvalue weighted by atomic mass is 28.4. The van der Waals surface area contributed by atoms with Crippen molar-refractivity contribution in [1.29, 1.82) is 0 Å². The first-order valence-electron chi connectivity index (χ1n) is 20.0. The normalized spacial score (nSPS) is 12.4. The van der Waals surface area contributed by atoms with Gasteiger partial charge < -0.3 is 11.5 Å². The Bertz CT molecular complexity index is 2780. The summed E-state index contributed by atoms with van der Waals surface area (Å²) in [5.41, 5.74) is 26.4. The minimum Gasteiger partial charge on any atom is -0.398 e. The fraction of sp³-hybridized carbons (Fsp3) is 0.0182. The molecule has 0 aromatic heterocycles. The number of benzene rings is 9. The van der Waals surface area contributed by atoms with Crippen molar-refractivity contribution in [2.45, 2.75) is 5.04 Å². The Kier molecular flexibility index (Phi) is 10.1. The summed E-state index contributed by atoms with van der Waals surface area (Å²) in [6.45, 7) is 0. The third-order valence-corrected chi connectivity index (χ3v) is 15.8. The summed E-state index contributed by atoms with van der Waals surface area (Å²) in [5.74, 6) is 0. The van der Waals surface area contributed by atoms with Crippen molar-refractivity contribution in [2.75, 3.05) is 11.5 Å². The van der Waals surface area contributed by atoms with E-state index >= 15 is 4.80 Å². The summed E-state index contributed by atoms with van der Waals surface area (Å²) in [6, 6.07) is 79.9. The Morgan fingerprint density at radius 1 is 0.339 bits per heavy atom. The maximum Gasteiger partial charge on any atom is 0.318 e. The molecule has 4 N–H and O–H groups in total. The van der Waals surface area contributed by atoms with Gasteiger partial charge in [-0.2, -0.15) is 0 Å². The summed E-state index contributed by atoms with van der Waals surface area (Å²) < 4.78 is 0. The quantitative estimate of drug-likeness (QED) is 0.0825. The van der Waals surface area contributed by atoms with E-state index in [0.29, 0.717) is 21.7 Å². The van der Waals surface area contributed by atoms with Crippen LogP contribution in [0.15, 0.2) is 237 Å². The molecule has 0 saturated carbocycles. The van der Waals surface area contributed by atoms with Crippen LogP contribution in [0.25, 0.3) is 44.5 Å². The lowest BCUT2D eigenvalue weighted by atomic mass is 9.72. The Morgan fingerprint density at radius 3 is 1.08 bits per heavy atom. The molecule has 0 amide bonds. The summed E-state index contributed by atoms with van der Waals surface area (Å²) in [6.07, 6.45) is 0. The fourth-order valence-corrected chi connectivity index (χ4v) is 13.5. The van der Waals surface area contributed by atoms with Gasteiger partial charge >= 0.3 is 8.32 Å². The lowest BCUT2D eigenvalue weighted by Crippen LogP contribution is -2.72. The van der Waals surface area contributed by atoms with Crippen molar-refractivity contribution < 1.29 is 4.80 Å². The number of rotatable bonds is 10. The van der Waals surface area contributed by atoms with Gasteiger partial charge in [0.05, 0.1) is 5.04 Å². The first-order valence-corrected chi connectivity index (χ1v) is 21.9. The average Bonchev–Trinajstić information content (AvgIpc) is 3.31. The van der Waals surface area contributed by atoms with E-state index in [0.717, 1.165) is 61.2 Å². The molecule has 1 atom stereocenters. The Labute approximate surface area is 347 Å². The van der Waals surface area contributed by atoms with Crippen LogP contribution in [0.1, 0.15) is 16.7 Å². The molecule has 0 aliphatic carbocycles. The number of nitrogens with two attached hydrogens (primary N) is 2. The molecular weight excluding hydrogens is 733 g/mol. The zero-order valence-electron chi connectivity index (χ0n) is 32.6. The van der Waals surface area contributed by atoms with Gasteiger partial charge in [-0.3, -0.25) is 4.80 Å². The molecular formula is C55H43N2OSi. The molecule has 1 radical (unpaired) electrons. The monoisotopic (exact) mass is 775 g/mol. The van der Waals surface area contributed by atoms with Gasteiger partial charge in [-0.25, -0.2) is 0 Å². The molecule has 0 aliphatic heterocycles. The maximum absolute atomic E-state index is 18.1. The van der Waals surface area contributed by atoms with Gasteiger partial charge in [0.1, 0.15) is 0 Å². The van der Waals surface area contributed by atoms with Gasteiger partial charge in [-0.1, -0.05) is 231 Å². The largest absolute Gasteiger partial charge is 0.398 e. The Morgan fingerprint density at radius 2 is 0.661 bits per heavy atom. The van der Waals surface area contributed by atoms with Gasteiger partial charge in [-0.15, -0.1) is 0 Å². The third-order valence-electron chi connectivity index (χ3n) is 11.6. The van der Waals surface area contributed by atoms with Gasteiger partial charge in [0.15, 0.2) is 0 Å². The summed E-state index contributed by atoms with van der Waals surface area (Å²) >= 11 is 0. The maximum atomic E-state index is 18.1. The molecule has 0 saturated heterocycles. The first kappa shape index (κ1) is 37.3. The summed E-state index contributed by atoms with van der Waals surface area (Å²) in [5, 5.41) is -0.0439. The molecule has 0 bridgehead atoms. The zero-order valence-corrected chi connectivity index (χ0v) is 33.6. The molecule has 0 heterocycles. The van der Waals surface area contributed by atoms with E-state index in [4.69, 9.17) is 11.5 Å². The minimum absolute atomic E-state index is 0.518. The predicted octanol–water partition coefficient (Wildman–Crippen LogP) is 11.6. The lowest BCUT2D eigenvalue weighted by Gasteiger charge is -2.48. The van der Waals surface area contributed by atoms with Crippen molar-refractivity contribution in [3.8, 4) is 44.5 Å². The van der Waals surface area contributed by atoms with Crippen LogP contribution in [0.3, 0.4) is 0 Å². The van der Waals surface area contributed by atoms with Crippen molar-refractivity contribution in [1.82, 2.24) is 0 Å². The molecule has 0 spiro atoms. The van der Waals surface area contributed by atoms with Crippen LogP contribution < -0.4 is 21.8 Å². The van der Waals surface area contributed by atoms with E-state index in [1.165, 1.54) is 0 Å². The second kappa shape index (κ2) is 16.0. The van der Waals surface area contributed by atoms with E-state index in [9.17, 15) is 0 Å². The Balaban J connectivity index is 1.66. The number of para-hydroxylation sites is 1. The van der Waals surface area contributed by atoms with Crippen molar-refractivity contribution in [3.05, 3.63) is 253 Å². The smallest absolute Gasteiger partial charge is 0.318 e. The van der Waals surface area contributed by atoms with Gasteiger partial charge in [0.25, 0.3) is 0 Å². The third kappa shape index (κ3) is 6.27. The van der Waals surface area contributed by atoms with Crippen LogP contribution >= 0.6 is 0 Å². The van der Waals surface area contributed by atoms with E-state index in [-0.39, 0.29) is 0 Å². The van der Waals surface area contributed by atoms with Crippen LogP contribution in [0.2, 0.25) is 0 Å². The highest BCUT2D eigenvalue weighted by molar-refractivity contribution is 6.99. The first-order chi connectivity index (χ1) is 29.0. The second-order valence-corrected chi connectivity index (χ2v) is 18.1. The highest BCUT2D eigenvalue weighted by Crippen LogP contribution is 2.59. The summed E-state index contributed by atoms with van der Waals surface area (Å²) in [4.78, 5) is 18.1. The Hall–Kier alpha value is -7.24. The van der Waals surface area contributed by atoms with E-state index < -0.39 is 13.4 Å². The topological polar surface area (TPSA) is 71.9 Å². The molecule has 59 heavy (non-hydrogen) atoms. The molecule has 0 aliphatic rings. The molecule has 0 fully saturated rings. The molecule has 1 unspecified atom stereocenters. The van der Waals surface area contributed by atoms with Gasteiger partial charge in [0, 0.05) is 22.5 Å². The number of anilines is 2. The minimum atomic E-state index is -4.49. The number of nitrogen functional groups attached to an aromatic ring is 2. The molecule has 3 nitrogen and oxygen atoms in total. The van der Waals surface area contributed by atoms with Crippen molar-refractivity contribution >= 4 is 30.1 Å². The van der Waals surface area contributed by atoms with Crippen LogP contribution in [0.4, 0.5) is 11.4 Å². The highest BCUT2D eigenvalue weighted by Gasteiger charge is 2.63. The standard InChI is InChI=1S/C55H43N2OSi/c56-48-39-23-22-38-47(48)55(44-32-16-5-17-33-44,59(58,45-34-18-6-19-35-45)46-36-20-7-21-37-46)53-51(42-28-12-3-13-29-42)49(40-24-8-1-9-25-40)50(41-26-10-2-11-27-41)52(54(53)57)43-30-14-4-15-31-43/h1-39H,56-57H2. The molecule has 283 valence electrons. The van der Waals surface area contributed by atoms with E-state index in [2.05, 4.69) is 115 Å². The molecule has 9 rings (SSSR count). The molecule has 9 aromatic rings. The lowest BCUT2D eigenvalue weighted by molar-refractivity contribution is 0.417. The van der Waals surface area contributed by atoms with Crippen LogP contribution in [0, 0.1) is 0 Å². The number of hydrogen-bond donors (Lipinski definition) is 2. The summed E-state index contributed by atoms with van der Waals surface area (Å²) in [7, 11) is -4.49. The second-order valence-electron chi connectivity index (χ2n) is 14.9. The fourth-order valence-electron chi connectivity index (χ4n) is 9.22. The van der Waals surface area contributed by atoms with Crippen LogP contribution in [-0.4, -0.2) is 8.32 Å². The average molecular weight is 776 g/mol. The van der Waals surface area contributed by atoms with Crippen LogP contribution in [0.5, 0.6) is 0 Å². The van der Waals surface area contributed by atoms with Gasteiger partial charge in [0.2, 0.25) is 0 Å². The van der Waals surface area contributed by atoms with Crippen molar-refractivity contribution in [3.63, 3.8) is 0 Å². The van der Waals surface area contributed by atoms with Crippen molar-refractivity contribution in [2.24, 2.45) is 0 Å². The predicted molar refractivity (Wildman–Crippen MR) is 248 cm³/mol. The van der Waals surface area contributed by atoms with Crippen LogP contribution in [-0.2, 0) is 9.83 Å². The van der Waals surface area contributed by atoms with E-state index in [1.807, 2.05) is 121 Å². The molecule has 4 heteroatoms. The van der Waals surface area contributed by atoms with E-state index in [1.54, 1.807) is 0 Å². The SMILES string of the molecule is Nc1ccccc1C(c1ccccc1)(c1c(N)c(-c2ccccc2)c(-c2ccccc2)c(-c2ccccc2)c1-c1ccccc1)[Si]([O])(c1ccccc1)c1ccccc1. The molecule has 9 aromatic carbocycles. The van der Waals surface area contributed by atoms with Gasteiger partial charge in [-0.05, 0) is 66.5 Å². The number of hydrogen-bond acceptors (Lipinski definition) is 2.